The number of hydrogen-bond acceptors (Lipinski definition) is 2. The largest absolute Gasteiger partial charge is 0.339 e. The van der Waals surface area contributed by atoms with Gasteiger partial charge in [0.25, 0.3) is 5.91 Å². The van der Waals surface area contributed by atoms with Crippen LogP contribution in [0.25, 0.3) is 4.95 Å². The van der Waals surface area contributed by atoms with Gasteiger partial charge in [0.1, 0.15) is 6.54 Å². The van der Waals surface area contributed by atoms with E-state index in [0.29, 0.717) is 13.1 Å². The lowest BCUT2D eigenvalue weighted by Crippen LogP contribution is -2.56. The Hall–Kier alpha value is -1.24. The lowest BCUT2D eigenvalue weighted by molar-refractivity contribution is -0.141. The summed E-state index contributed by atoms with van der Waals surface area (Å²) in [4.78, 5) is 17.1. The molecule has 1 aliphatic heterocycles. The average molecular weight is 179 g/mol. The summed E-state index contributed by atoms with van der Waals surface area (Å²) in [7, 11) is 0. The van der Waals surface area contributed by atoms with Crippen LogP contribution in [0.1, 0.15) is 19.8 Å². The van der Waals surface area contributed by atoms with Crippen LogP contribution in [0.15, 0.2) is 0 Å². The molecule has 1 aliphatic carbocycles. The summed E-state index contributed by atoms with van der Waals surface area (Å²) in [5.74, 6) is 0.164. The minimum absolute atomic E-state index is 0.164. The first-order valence-corrected chi connectivity index (χ1v) is 4.69. The van der Waals surface area contributed by atoms with Crippen molar-refractivity contribution in [3.63, 3.8) is 0 Å². The number of piperazine rings is 1. The molecule has 1 saturated heterocycles. The normalized spacial score (nSPS) is 24.8. The summed E-state index contributed by atoms with van der Waals surface area (Å²) >= 11 is 0. The molecule has 4 heteroatoms. The van der Waals surface area contributed by atoms with E-state index in [9.17, 15) is 4.79 Å². The molecule has 1 heterocycles. The van der Waals surface area contributed by atoms with Crippen molar-refractivity contribution < 1.29 is 4.79 Å². The molecule has 0 radical (unpaired) electrons. The fraction of sp³-hybridized carbons (Fsp3) is 0.778. The highest BCUT2D eigenvalue weighted by Crippen LogP contribution is 2.45. The quantitative estimate of drug-likeness (QED) is 0.549. The van der Waals surface area contributed by atoms with E-state index in [1.54, 1.807) is 5.01 Å². The number of carbonyl (C=O) groups excluding carboxylic acids is 1. The molecule has 13 heavy (non-hydrogen) atoms. The third-order valence-electron chi connectivity index (χ3n) is 2.99. The minimum atomic E-state index is -0.407. The lowest BCUT2D eigenvalue weighted by atomic mass is 10.1. The van der Waals surface area contributed by atoms with E-state index in [-0.39, 0.29) is 5.91 Å². The smallest absolute Gasteiger partial charge is 0.255 e. The second-order valence-electron chi connectivity index (χ2n) is 3.64. The van der Waals surface area contributed by atoms with Gasteiger partial charge in [0.15, 0.2) is 5.54 Å². The summed E-state index contributed by atoms with van der Waals surface area (Å²) in [6.45, 7) is 11.2. The molecule has 1 spiro atoms. The summed E-state index contributed by atoms with van der Waals surface area (Å²) in [6.07, 6.45) is 1.73. The molecule has 1 amide bonds. The lowest BCUT2D eigenvalue weighted by Gasteiger charge is -2.33. The fourth-order valence-corrected chi connectivity index (χ4v) is 1.97. The molecular weight excluding hydrogens is 166 g/mol. The van der Waals surface area contributed by atoms with E-state index in [0.717, 1.165) is 19.4 Å². The maximum absolute atomic E-state index is 11.9. The van der Waals surface area contributed by atoms with Crippen molar-refractivity contribution >= 4 is 5.91 Å². The summed E-state index contributed by atoms with van der Waals surface area (Å²) < 4.78 is 0. The predicted octanol–water partition coefficient (Wildman–Crippen LogP) is 0.517. The maximum Gasteiger partial charge on any atom is 0.255 e. The second kappa shape index (κ2) is 2.63. The molecule has 4 nitrogen and oxygen atoms in total. The predicted molar refractivity (Wildman–Crippen MR) is 47.5 cm³/mol. The molecule has 0 bridgehead atoms. The first kappa shape index (κ1) is 8.36. The van der Waals surface area contributed by atoms with Gasteiger partial charge in [-0.25, -0.2) is 0 Å². The van der Waals surface area contributed by atoms with Crippen LogP contribution < -0.4 is 0 Å². The molecule has 2 aliphatic rings. The highest BCUT2D eigenvalue weighted by atomic mass is 16.2. The van der Waals surface area contributed by atoms with Gasteiger partial charge in [-0.2, -0.15) is 11.5 Å². The highest BCUT2D eigenvalue weighted by Gasteiger charge is 2.62. The number of hydrogen-bond donors (Lipinski definition) is 0. The van der Waals surface area contributed by atoms with Gasteiger partial charge < -0.3 is 4.90 Å². The van der Waals surface area contributed by atoms with Crippen molar-refractivity contribution in [2.24, 2.45) is 0 Å². The number of amides is 1. The minimum Gasteiger partial charge on any atom is -0.339 e. The van der Waals surface area contributed by atoms with Crippen molar-refractivity contribution in [2.45, 2.75) is 25.3 Å². The second-order valence-corrected chi connectivity index (χ2v) is 3.64. The Morgan fingerprint density at radius 2 is 2.23 bits per heavy atom. The Morgan fingerprint density at radius 3 is 2.69 bits per heavy atom. The SMILES string of the molecule is [C-]#[N+]N1CCN(CC)C(=O)C12CC2. The van der Waals surface area contributed by atoms with E-state index in [4.69, 9.17) is 6.57 Å². The summed E-state index contributed by atoms with van der Waals surface area (Å²) in [6, 6.07) is 0. The van der Waals surface area contributed by atoms with E-state index in [1.165, 1.54) is 0 Å². The number of rotatable bonds is 1. The zero-order valence-electron chi connectivity index (χ0n) is 7.79. The third kappa shape index (κ3) is 0.998. The molecule has 2 rings (SSSR count). The van der Waals surface area contributed by atoms with Crippen LogP contribution >= 0.6 is 0 Å². The number of carbonyl (C=O) groups is 1. The molecule has 0 unspecified atom stereocenters. The van der Waals surface area contributed by atoms with Crippen LogP contribution in [-0.2, 0) is 4.79 Å². The maximum atomic E-state index is 11.9. The highest BCUT2D eigenvalue weighted by molar-refractivity contribution is 5.90. The van der Waals surface area contributed by atoms with Gasteiger partial charge in [-0.05, 0) is 19.8 Å². The van der Waals surface area contributed by atoms with Gasteiger partial charge in [0.05, 0.1) is 0 Å². The van der Waals surface area contributed by atoms with Gasteiger partial charge in [-0.3, -0.25) is 4.79 Å². The number of nitrogens with zero attached hydrogens (tertiary/aromatic N) is 3. The molecule has 0 aromatic rings. The standard InChI is InChI=1S/C9H13N3O/c1-3-11-6-7-12(10-2)9(4-5-9)8(11)13/h3-7H2,1H3. The molecule has 1 saturated carbocycles. The molecule has 70 valence electrons. The number of likely N-dealkylation sites (N-methyl/N-ethyl adjacent to an activating group) is 1. The third-order valence-corrected chi connectivity index (χ3v) is 2.99. The van der Waals surface area contributed by atoms with Gasteiger partial charge in [0.2, 0.25) is 0 Å². The van der Waals surface area contributed by atoms with Crippen LogP contribution in [0.5, 0.6) is 0 Å². The Balaban J connectivity index is 2.20. The van der Waals surface area contributed by atoms with Crippen molar-refractivity contribution in [1.82, 2.24) is 9.91 Å². The zero-order valence-corrected chi connectivity index (χ0v) is 7.79. The first-order chi connectivity index (χ1) is 6.24. The summed E-state index contributed by atoms with van der Waals surface area (Å²) in [5, 5.41) is 1.64. The molecular formula is C9H13N3O. The van der Waals surface area contributed by atoms with E-state index in [1.807, 2.05) is 11.8 Å². The Labute approximate surface area is 77.9 Å². The first-order valence-electron chi connectivity index (χ1n) is 4.69. The van der Waals surface area contributed by atoms with Gasteiger partial charge >= 0.3 is 0 Å². The molecule has 0 aromatic carbocycles. The Morgan fingerprint density at radius 1 is 1.54 bits per heavy atom. The van der Waals surface area contributed by atoms with E-state index in [2.05, 4.69) is 4.95 Å². The topological polar surface area (TPSA) is 27.9 Å². The van der Waals surface area contributed by atoms with Crippen LogP contribution in [0.2, 0.25) is 0 Å². The zero-order chi connectivity index (χ0) is 9.47. The van der Waals surface area contributed by atoms with E-state index >= 15 is 0 Å². The summed E-state index contributed by atoms with van der Waals surface area (Å²) in [5.41, 5.74) is -0.407. The Kier molecular flexibility index (Phi) is 1.69. The van der Waals surface area contributed by atoms with Crippen molar-refractivity contribution in [3.05, 3.63) is 11.5 Å². The average Bonchev–Trinajstić information content (AvgIpc) is 2.92. The van der Waals surface area contributed by atoms with Gasteiger partial charge in [0, 0.05) is 13.1 Å². The Bertz CT molecular complexity index is 277. The van der Waals surface area contributed by atoms with E-state index < -0.39 is 5.54 Å². The van der Waals surface area contributed by atoms with Crippen molar-refractivity contribution in [2.75, 3.05) is 19.6 Å². The van der Waals surface area contributed by atoms with Crippen molar-refractivity contribution in [1.29, 1.82) is 0 Å². The van der Waals surface area contributed by atoms with Gasteiger partial charge in [-0.1, -0.05) is 5.01 Å². The van der Waals surface area contributed by atoms with Crippen molar-refractivity contribution in [3.8, 4) is 0 Å². The van der Waals surface area contributed by atoms with Crippen LogP contribution in [0, 0.1) is 6.57 Å². The van der Waals surface area contributed by atoms with Crippen LogP contribution in [0.3, 0.4) is 0 Å². The molecule has 2 fully saturated rings. The van der Waals surface area contributed by atoms with Crippen LogP contribution in [0.4, 0.5) is 0 Å². The molecule has 0 aromatic heterocycles. The molecule has 0 atom stereocenters. The van der Waals surface area contributed by atoms with Gasteiger partial charge in [-0.15, -0.1) is 0 Å². The molecule has 0 N–H and O–H groups in total. The van der Waals surface area contributed by atoms with Crippen LogP contribution in [-0.4, -0.2) is 41.0 Å². The monoisotopic (exact) mass is 179 g/mol. The fourth-order valence-electron chi connectivity index (χ4n) is 1.97.